The van der Waals surface area contributed by atoms with Crippen molar-refractivity contribution < 1.29 is 4.79 Å². The molecule has 1 amide bonds. The Balaban J connectivity index is 2.10. The van der Waals surface area contributed by atoms with Crippen LogP contribution in [0.1, 0.15) is 12.5 Å². The van der Waals surface area contributed by atoms with Crippen LogP contribution in [0.5, 0.6) is 0 Å². The fourth-order valence-corrected chi connectivity index (χ4v) is 1.34. The Morgan fingerprint density at radius 3 is 2.67 bits per heavy atom. The second-order valence-corrected chi connectivity index (χ2v) is 3.37. The number of carbonyl (C=O) groups is 1. The molecule has 0 spiro atoms. The predicted molar refractivity (Wildman–Crippen MR) is 61.7 cm³/mol. The van der Waals surface area contributed by atoms with Gasteiger partial charge in [0.15, 0.2) is 0 Å². The van der Waals surface area contributed by atoms with Crippen LogP contribution in [-0.2, 0) is 11.2 Å². The molecule has 1 aromatic carbocycles. The van der Waals surface area contributed by atoms with Crippen LogP contribution in [-0.4, -0.2) is 25.5 Å². The molecule has 0 atom stereocenters. The van der Waals surface area contributed by atoms with Crippen molar-refractivity contribution in [1.82, 2.24) is 10.6 Å². The smallest absolute Gasteiger partial charge is 0.233 e. The molecule has 0 radical (unpaired) electrons. The summed E-state index contributed by atoms with van der Waals surface area (Å²) in [5.41, 5.74) is 1.29. The normalized spacial score (nSPS) is 9.93. The molecule has 0 aliphatic heterocycles. The minimum absolute atomic E-state index is 0.0607. The molecule has 0 aliphatic carbocycles. The summed E-state index contributed by atoms with van der Waals surface area (Å²) in [6.07, 6.45) is 0.959. The molecule has 1 aromatic rings. The fraction of sp³-hybridized carbons (Fsp3) is 0.417. The maximum absolute atomic E-state index is 11.1. The number of carbonyl (C=O) groups excluding carboxylic acids is 1. The molecule has 0 saturated heterocycles. The molecule has 0 aromatic heterocycles. The second-order valence-electron chi connectivity index (χ2n) is 3.37. The van der Waals surface area contributed by atoms with E-state index in [1.165, 1.54) is 5.56 Å². The summed E-state index contributed by atoms with van der Waals surface area (Å²) >= 11 is 0. The van der Waals surface area contributed by atoms with Crippen LogP contribution in [0.4, 0.5) is 0 Å². The molecule has 0 saturated carbocycles. The summed E-state index contributed by atoms with van der Waals surface area (Å²) in [7, 11) is 0. The average Bonchev–Trinajstić information content (AvgIpc) is 2.26. The third-order valence-electron chi connectivity index (χ3n) is 2.09. The van der Waals surface area contributed by atoms with Crippen molar-refractivity contribution in [2.75, 3.05) is 19.6 Å². The summed E-state index contributed by atoms with van der Waals surface area (Å²) in [6, 6.07) is 10.2. The summed E-state index contributed by atoms with van der Waals surface area (Å²) in [5, 5.41) is 5.85. The molecule has 82 valence electrons. The van der Waals surface area contributed by atoms with E-state index in [-0.39, 0.29) is 5.91 Å². The Morgan fingerprint density at radius 2 is 2.00 bits per heavy atom. The van der Waals surface area contributed by atoms with Crippen molar-refractivity contribution in [3.05, 3.63) is 35.9 Å². The first-order valence-corrected chi connectivity index (χ1v) is 5.34. The molecule has 3 heteroatoms. The van der Waals surface area contributed by atoms with E-state index in [1.54, 1.807) is 0 Å². The fourth-order valence-electron chi connectivity index (χ4n) is 1.34. The number of hydrogen-bond donors (Lipinski definition) is 2. The van der Waals surface area contributed by atoms with E-state index in [4.69, 9.17) is 0 Å². The molecule has 0 fully saturated rings. The quantitative estimate of drug-likeness (QED) is 0.681. The minimum atomic E-state index is 0.0607. The van der Waals surface area contributed by atoms with Crippen LogP contribution in [0, 0.1) is 0 Å². The van der Waals surface area contributed by atoms with Gasteiger partial charge in [-0.3, -0.25) is 4.79 Å². The maximum atomic E-state index is 11.1. The largest absolute Gasteiger partial charge is 0.355 e. The van der Waals surface area contributed by atoms with E-state index in [1.807, 2.05) is 25.1 Å². The summed E-state index contributed by atoms with van der Waals surface area (Å²) < 4.78 is 0. The van der Waals surface area contributed by atoms with Gasteiger partial charge in [0.25, 0.3) is 0 Å². The van der Waals surface area contributed by atoms with Crippen molar-refractivity contribution >= 4 is 5.91 Å². The molecule has 1 rings (SSSR count). The number of amides is 1. The highest BCUT2D eigenvalue weighted by atomic mass is 16.1. The van der Waals surface area contributed by atoms with Crippen molar-refractivity contribution in [1.29, 1.82) is 0 Å². The highest BCUT2D eigenvalue weighted by Gasteiger charge is 1.97. The van der Waals surface area contributed by atoms with Crippen LogP contribution in [0.2, 0.25) is 0 Å². The van der Waals surface area contributed by atoms with Gasteiger partial charge in [-0.05, 0) is 25.5 Å². The zero-order valence-corrected chi connectivity index (χ0v) is 9.12. The number of nitrogens with one attached hydrogen (secondary N) is 2. The zero-order chi connectivity index (χ0) is 10.9. The SMILES string of the molecule is CCNC(=O)CNCCc1ccccc1. The number of hydrogen-bond acceptors (Lipinski definition) is 2. The van der Waals surface area contributed by atoms with Crippen LogP contribution >= 0.6 is 0 Å². The standard InChI is InChI=1S/C12H18N2O/c1-2-14-12(15)10-13-9-8-11-6-4-3-5-7-11/h3-7,13H,2,8-10H2,1H3,(H,14,15). The Bertz CT molecular complexity index is 285. The lowest BCUT2D eigenvalue weighted by atomic mass is 10.1. The van der Waals surface area contributed by atoms with Gasteiger partial charge < -0.3 is 10.6 Å². The number of benzene rings is 1. The van der Waals surface area contributed by atoms with E-state index in [0.717, 1.165) is 13.0 Å². The first-order chi connectivity index (χ1) is 7.33. The molecule has 3 nitrogen and oxygen atoms in total. The first-order valence-electron chi connectivity index (χ1n) is 5.34. The lowest BCUT2D eigenvalue weighted by Crippen LogP contribution is -2.34. The highest BCUT2D eigenvalue weighted by Crippen LogP contribution is 1.97. The third-order valence-corrected chi connectivity index (χ3v) is 2.09. The molecule has 0 unspecified atom stereocenters. The zero-order valence-electron chi connectivity index (χ0n) is 9.12. The monoisotopic (exact) mass is 206 g/mol. The van der Waals surface area contributed by atoms with E-state index < -0.39 is 0 Å². The number of likely N-dealkylation sites (N-methyl/N-ethyl adjacent to an activating group) is 1. The summed E-state index contributed by atoms with van der Waals surface area (Å²) in [6.45, 7) is 3.85. The summed E-state index contributed by atoms with van der Waals surface area (Å²) in [5.74, 6) is 0.0607. The molecule has 0 aliphatic rings. The van der Waals surface area contributed by atoms with Crippen molar-refractivity contribution in [3.8, 4) is 0 Å². The van der Waals surface area contributed by atoms with Gasteiger partial charge >= 0.3 is 0 Å². The Morgan fingerprint density at radius 1 is 1.27 bits per heavy atom. The third kappa shape index (κ3) is 5.18. The molecule has 15 heavy (non-hydrogen) atoms. The van der Waals surface area contributed by atoms with Gasteiger partial charge in [0.2, 0.25) is 5.91 Å². The first kappa shape index (κ1) is 11.7. The molecule has 2 N–H and O–H groups in total. The van der Waals surface area contributed by atoms with Crippen LogP contribution in [0.25, 0.3) is 0 Å². The molecule has 0 bridgehead atoms. The van der Waals surface area contributed by atoms with Gasteiger partial charge in [0, 0.05) is 6.54 Å². The van der Waals surface area contributed by atoms with Crippen LogP contribution in [0.15, 0.2) is 30.3 Å². The van der Waals surface area contributed by atoms with Gasteiger partial charge in [-0.25, -0.2) is 0 Å². The van der Waals surface area contributed by atoms with Crippen molar-refractivity contribution in [3.63, 3.8) is 0 Å². The van der Waals surface area contributed by atoms with Gasteiger partial charge in [0.05, 0.1) is 6.54 Å². The Kier molecular flexibility index (Phi) is 5.48. The second kappa shape index (κ2) is 7.01. The van der Waals surface area contributed by atoms with E-state index >= 15 is 0 Å². The molecule has 0 heterocycles. The average molecular weight is 206 g/mol. The van der Waals surface area contributed by atoms with Gasteiger partial charge in [-0.1, -0.05) is 30.3 Å². The maximum Gasteiger partial charge on any atom is 0.233 e. The summed E-state index contributed by atoms with van der Waals surface area (Å²) in [4.78, 5) is 11.1. The van der Waals surface area contributed by atoms with E-state index in [9.17, 15) is 4.79 Å². The van der Waals surface area contributed by atoms with Gasteiger partial charge in [-0.2, -0.15) is 0 Å². The highest BCUT2D eigenvalue weighted by molar-refractivity contribution is 5.77. The van der Waals surface area contributed by atoms with Crippen molar-refractivity contribution in [2.45, 2.75) is 13.3 Å². The van der Waals surface area contributed by atoms with Crippen LogP contribution in [0.3, 0.4) is 0 Å². The molecular weight excluding hydrogens is 188 g/mol. The van der Waals surface area contributed by atoms with Crippen LogP contribution < -0.4 is 10.6 Å². The van der Waals surface area contributed by atoms with Gasteiger partial charge in [0.1, 0.15) is 0 Å². The van der Waals surface area contributed by atoms with Gasteiger partial charge in [-0.15, -0.1) is 0 Å². The topological polar surface area (TPSA) is 41.1 Å². The Labute approximate surface area is 90.9 Å². The van der Waals surface area contributed by atoms with E-state index in [0.29, 0.717) is 13.1 Å². The lowest BCUT2D eigenvalue weighted by molar-refractivity contribution is -0.120. The predicted octanol–water partition coefficient (Wildman–Crippen LogP) is 0.955. The molecular formula is C12H18N2O. The van der Waals surface area contributed by atoms with Crippen molar-refractivity contribution in [2.24, 2.45) is 0 Å². The Hall–Kier alpha value is -1.35. The van der Waals surface area contributed by atoms with E-state index in [2.05, 4.69) is 22.8 Å². The number of rotatable bonds is 6. The lowest BCUT2D eigenvalue weighted by Gasteiger charge is -2.04. The minimum Gasteiger partial charge on any atom is -0.355 e.